The Kier molecular flexibility index (Phi) is 8.46. The quantitative estimate of drug-likeness (QED) is 0.676. The molecule has 0 aliphatic heterocycles. The fourth-order valence-corrected chi connectivity index (χ4v) is 2.50. The topological polar surface area (TPSA) is 74.2 Å². The maximum Gasteiger partial charge on any atom is 0.307 e. The number of carbonyl (C=O) groups is 1. The van der Waals surface area contributed by atoms with Crippen LogP contribution in [0.4, 0.5) is 5.69 Å². The van der Waals surface area contributed by atoms with Crippen molar-refractivity contribution in [2.45, 2.75) is 45.2 Å². The molecule has 0 spiro atoms. The van der Waals surface area contributed by atoms with Gasteiger partial charge in [0, 0.05) is 24.3 Å². The van der Waals surface area contributed by atoms with E-state index in [-0.39, 0.29) is 18.4 Å². The summed E-state index contributed by atoms with van der Waals surface area (Å²) in [5, 5.41) is 16.0. The van der Waals surface area contributed by atoms with E-state index >= 15 is 0 Å². The second-order valence-corrected chi connectivity index (χ2v) is 5.76. The van der Waals surface area contributed by atoms with Crippen LogP contribution in [0.2, 0.25) is 5.02 Å². The van der Waals surface area contributed by atoms with E-state index < -0.39 is 0 Å². The number of benzene rings is 1. The number of ether oxygens (including phenoxy) is 1. The van der Waals surface area contributed by atoms with Crippen LogP contribution in [0.15, 0.2) is 18.2 Å². The molecule has 0 aromatic heterocycles. The van der Waals surface area contributed by atoms with Crippen LogP contribution in [-0.2, 0) is 9.53 Å². The van der Waals surface area contributed by atoms with Crippen LogP contribution >= 0.6 is 11.6 Å². The van der Waals surface area contributed by atoms with Crippen LogP contribution in [0.25, 0.3) is 0 Å². The summed E-state index contributed by atoms with van der Waals surface area (Å²) in [6.07, 6.45) is 2.32. The molecule has 1 atom stereocenters. The summed E-state index contributed by atoms with van der Waals surface area (Å²) in [4.78, 5) is 11.6. The second kappa shape index (κ2) is 10.1. The van der Waals surface area contributed by atoms with E-state index in [0.29, 0.717) is 23.2 Å². The summed E-state index contributed by atoms with van der Waals surface area (Å²) in [6.45, 7) is 4.90. The van der Waals surface area contributed by atoms with Crippen LogP contribution in [0.3, 0.4) is 0 Å². The highest BCUT2D eigenvalue weighted by Gasteiger charge is 2.16. The molecular weight excluding hydrogens is 314 g/mol. The van der Waals surface area contributed by atoms with E-state index in [1.807, 2.05) is 6.07 Å². The van der Waals surface area contributed by atoms with Crippen molar-refractivity contribution in [1.29, 1.82) is 5.26 Å². The lowest BCUT2D eigenvalue weighted by Crippen LogP contribution is -2.39. The number of hydrogen-bond acceptors (Lipinski definition) is 5. The van der Waals surface area contributed by atoms with Crippen LogP contribution in [0.1, 0.15) is 38.7 Å². The van der Waals surface area contributed by atoms with Crippen LogP contribution < -0.4 is 10.6 Å². The smallest absolute Gasteiger partial charge is 0.307 e. The average Bonchev–Trinajstić information content (AvgIpc) is 2.55. The second-order valence-electron chi connectivity index (χ2n) is 5.35. The summed E-state index contributed by atoms with van der Waals surface area (Å²) < 4.78 is 4.76. The van der Waals surface area contributed by atoms with Crippen LogP contribution in [-0.4, -0.2) is 31.7 Å². The molecule has 2 N–H and O–H groups in total. The van der Waals surface area contributed by atoms with Crippen molar-refractivity contribution in [3.05, 3.63) is 28.8 Å². The van der Waals surface area contributed by atoms with Gasteiger partial charge in [0.05, 0.1) is 24.1 Å². The third kappa shape index (κ3) is 6.47. The van der Waals surface area contributed by atoms with Crippen molar-refractivity contribution < 1.29 is 9.53 Å². The Bertz CT molecular complexity index is 553. The van der Waals surface area contributed by atoms with Crippen molar-refractivity contribution in [1.82, 2.24) is 5.32 Å². The van der Waals surface area contributed by atoms with Gasteiger partial charge in [-0.25, -0.2) is 0 Å². The van der Waals surface area contributed by atoms with Gasteiger partial charge < -0.3 is 15.4 Å². The number of rotatable bonds is 9. The normalized spacial score (nSPS) is 11.8. The molecule has 0 amide bonds. The van der Waals surface area contributed by atoms with Gasteiger partial charge in [0.1, 0.15) is 6.07 Å². The van der Waals surface area contributed by atoms with Gasteiger partial charge in [-0.05, 0) is 31.0 Å². The number of nitrogens with zero attached hydrogens (tertiary/aromatic N) is 1. The van der Waals surface area contributed by atoms with Gasteiger partial charge in [0.15, 0.2) is 0 Å². The lowest BCUT2D eigenvalue weighted by atomic mass is 10.1. The van der Waals surface area contributed by atoms with Crippen molar-refractivity contribution in [2.75, 3.05) is 19.0 Å². The zero-order valence-electron chi connectivity index (χ0n) is 13.9. The van der Waals surface area contributed by atoms with Gasteiger partial charge in [-0.15, -0.1) is 0 Å². The Balaban J connectivity index is 2.77. The SMILES string of the molecule is CCC(CC)NC[C@H](CC(=O)OC)Nc1ccc(C#N)c(Cl)c1. The minimum Gasteiger partial charge on any atom is -0.469 e. The molecule has 23 heavy (non-hydrogen) atoms. The summed E-state index contributed by atoms with van der Waals surface area (Å²) in [5.74, 6) is -0.270. The van der Waals surface area contributed by atoms with E-state index in [4.69, 9.17) is 21.6 Å². The van der Waals surface area contributed by atoms with E-state index in [1.54, 1.807) is 18.2 Å². The first-order valence-electron chi connectivity index (χ1n) is 7.80. The predicted octanol–water partition coefficient (Wildman–Crippen LogP) is 3.33. The predicted molar refractivity (Wildman–Crippen MR) is 92.6 cm³/mol. The third-order valence-corrected chi connectivity index (χ3v) is 4.05. The largest absolute Gasteiger partial charge is 0.469 e. The zero-order chi connectivity index (χ0) is 17.2. The summed E-state index contributed by atoms with van der Waals surface area (Å²) in [5.41, 5.74) is 1.20. The molecule has 0 aliphatic rings. The molecule has 0 aliphatic carbocycles. The maximum atomic E-state index is 11.6. The van der Waals surface area contributed by atoms with Crippen LogP contribution in [0.5, 0.6) is 0 Å². The van der Waals surface area contributed by atoms with Gasteiger partial charge in [-0.3, -0.25) is 4.79 Å². The first kappa shape index (κ1) is 19.3. The van der Waals surface area contributed by atoms with Gasteiger partial charge in [0.25, 0.3) is 0 Å². The molecule has 0 bridgehead atoms. The first-order valence-corrected chi connectivity index (χ1v) is 8.18. The van der Waals surface area contributed by atoms with E-state index in [9.17, 15) is 4.79 Å². The summed E-state index contributed by atoms with van der Waals surface area (Å²) >= 11 is 6.05. The lowest BCUT2D eigenvalue weighted by molar-refractivity contribution is -0.140. The Morgan fingerprint density at radius 3 is 2.57 bits per heavy atom. The Labute approximate surface area is 143 Å². The van der Waals surface area contributed by atoms with Gasteiger partial charge in [-0.2, -0.15) is 5.26 Å². The fourth-order valence-electron chi connectivity index (χ4n) is 2.28. The standard InChI is InChI=1S/C17H24ClN3O2/c1-4-13(5-2)20-11-15(9-17(22)23-3)21-14-7-6-12(10-19)16(18)8-14/h6-8,13,15,20-21H,4-5,9,11H2,1-3H3/t15-/m0/s1. The number of esters is 1. The van der Waals surface area contributed by atoms with Crippen molar-refractivity contribution in [2.24, 2.45) is 0 Å². The molecule has 1 aromatic carbocycles. The lowest BCUT2D eigenvalue weighted by Gasteiger charge is -2.23. The maximum absolute atomic E-state index is 11.6. The molecule has 6 heteroatoms. The molecule has 0 fully saturated rings. The first-order chi connectivity index (χ1) is 11.0. The number of halogens is 1. The van der Waals surface area contributed by atoms with Gasteiger partial charge >= 0.3 is 5.97 Å². The minimum atomic E-state index is -0.270. The highest BCUT2D eigenvalue weighted by atomic mass is 35.5. The van der Waals surface area contributed by atoms with Crippen molar-refractivity contribution in [3.8, 4) is 6.07 Å². The molecule has 126 valence electrons. The van der Waals surface area contributed by atoms with E-state index in [0.717, 1.165) is 18.5 Å². The van der Waals surface area contributed by atoms with E-state index in [2.05, 4.69) is 24.5 Å². The molecule has 1 rings (SSSR count). The number of methoxy groups -OCH3 is 1. The summed E-state index contributed by atoms with van der Waals surface area (Å²) in [6, 6.07) is 7.47. The van der Waals surface area contributed by atoms with Crippen molar-refractivity contribution >= 4 is 23.3 Å². The Hall–Kier alpha value is -1.77. The molecule has 5 nitrogen and oxygen atoms in total. The Morgan fingerprint density at radius 2 is 2.04 bits per heavy atom. The highest BCUT2D eigenvalue weighted by molar-refractivity contribution is 6.32. The average molecular weight is 338 g/mol. The third-order valence-electron chi connectivity index (χ3n) is 3.74. The Morgan fingerprint density at radius 1 is 1.35 bits per heavy atom. The number of nitrogens with one attached hydrogen (secondary N) is 2. The number of carbonyl (C=O) groups excluding carboxylic acids is 1. The fraction of sp³-hybridized carbons (Fsp3) is 0.529. The molecular formula is C17H24ClN3O2. The highest BCUT2D eigenvalue weighted by Crippen LogP contribution is 2.21. The molecule has 1 aromatic rings. The molecule has 0 saturated heterocycles. The molecule has 0 unspecified atom stereocenters. The number of nitriles is 1. The minimum absolute atomic E-state index is 0.118. The molecule has 0 radical (unpaired) electrons. The summed E-state index contributed by atoms with van der Waals surface area (Å²) in [7, 11) is 1.38. The van der Waals surface area contributed by atoms with Crippen LogP contribution in [0, 0.1) is 11.3 Å². The van der Waals surface area contributed by atoms with Gasteiger partial charge in [0.2, 0.25) is 0 Å². The number of hydrogen-bond donors (Lipinski definition) is 2. The van der Waals surface area contributed by atoms with Gasteiger partial charge in [-0.1, -0.05) is 25.4 Å². The molecule has 0 heterocycles. The van der Waals surface area contributed by atoms with E-state index in [1.165, 1.54) is 7.11 Å². The monoisotopic (exact) mass is 337 g/mol. The number of anilines is 1. The molecule has 0 saturated carbocycles. The zero-order valence-corrected chi connectivity index (χ0v) is 14.6. The van der Waals surface area contributed by atoms with Crippen molar-refractivity contribution in [3.63, 3.8) is 0 Å².